The summed E-state index contributed by atoms with van der Waals surface area (Å²) >= 11 is 0. The molecule has 1 heterocycles. The Morgan fingerprint density at radius 3 is 2.61 bits per heavy atom. The Morgan fingerprint density at radius 2 is 2.11 bits per heavy atom. The fourth-order valence-electron chi connectivity index (χ4n) is 1.61. The number of nitrogens with one attached hydrogen (secondary N) is 2. The first-order chi connectivity index (χ1) is 8.40. The third-order valence-electron chi connectivity index (χ3n) is 2.79. The van der Waals surface area contributed by atoms with E-state index in [1.165, 1.54) is 12.1 Å². The van der Waals surface area contributed by atoms with Gasteiger partial charge < -0.3 is 5.32 Å². The number of hydrogen-bond acceptors (Lipinski definition) is 5. The smallest absolute Gasteiger partial charge is 0.273 e. The molecule has 0 aromatic heterocycles. The highest BCUT2D eigenvalue weighted by atomic mass is 32.2. The number of aryl methyl sites for hydroxylation is 1. The Morgan fingerprint density at radius 1 is 1.44 bits per heavy atom. The van der Waals surface area contributed by atoms with Crippen molar-refractivity contribution in [1.82, 2.24) is 10.0 Å². The number of benzene rings is 1. The van der Waals surface area contributed by atoms with Crippen LogP contribution in [0.1, 0.15) is 5.56 Å². The van der Waals surface area contributed by atoms with Crippen LogP contribution in [0.15, 0.2) is 23.1 Å². The summed E-state index contributed by atoms with van der Waals surface area (Å²) in [6.07, 6.45) is 0. The van der Waals surface area contributed by atoms with Crippen LogP contribution < -0.4 is 10.0 Å². The van der Waals surface area contributed by atoms with Gasteiger partial charge in [-0.2, -0.15) is 0 Å². The molecule has 1 aliphatic rings. The molecule has 0 unspecified atom stereocenters. The average Bonchev–Trinajstić information content (AvgIpc) is 2.23. The van der Waals surface area contributed by atoms with Crippen LogP contribution in [-0.2, 0) is 10.0 Å². The first kappa shape index (κ1) is 12.9. The van der Waals surface area contributed by atoms with Crippen LogP contribution in [0, 0.1) is 17.0 Å². The molecule has 0 radical (unpaired) electrons. The molecule has 0 aliphatic carbocycles. The molecule has 18 heavy (non-hydrogen) atoms. The van der Waals surface area contributed by atoms with E-state index in [1.807, 2.05) is 0 Å². The van der Waals surface area contributed by atoms with Crippen molar-refractivity contribution in [1.29, 1.82) is 0 Å². The summed E-state index contributed by atoms with van der Waals surface area (Å²) in [5.41, 5.74) is 0.244. The number of hydrogen-bond donors (Lipinski definition) is 2. The molecule has 0 atom stereocenters. The van der Waals surface area contributed by atoms with Crippen LogP contribution in [0.3, 0.4) is 0 Å². The largest absolute Gasteiger partial charge is 0.313 e. The van der Waals surface area contributed by atoms with E-state index in [0.29, 0.717) is 18.7 Å². The number of rotatable bonds is 4. The molecule has 1 aliphatic heterocycles. The summed E-state index contributed by atoms with van der Waals surface area (Å²) in [5, 5.41) is 13.7. The molecule has 1 fully saturated rings. The summed E-state index contributed by atoms with van der Waals surface area (Å²) in [4.78, 5) is 10.1. The van der Waals surface area contributed by atoms with E-state index in [1.54, 1.807) is 6.92 Å². The highest BCUT2D eigenvalue weighted by Gasteiger charge is 2.26. The second kappa shape index (κ2) is 4.63. The summed E-state index contributed by atoms with van der Waals surface area (Å²) in [5.74, 6) is 0. The number of sulfonamides is 1. The zero-order valence-corrected chi connectivity index (χ0v) is 10.5. The molecular weight excluding hydrogens is 258 g/mol. The number of nitrogens with zero attached hydrogens (tertiary/aromatic N) is 1. The van der Waals surface area contributed by atoms with E-state index in [9.17, 15) is 18.5 Å². The lowest BCUT2D eigenvalue weighted by Crippen LogP contribution is -2.56. The van der Waals surface area contributed by atoms with Gasteiger partial charge in [0.2, 0.25) is 10.0 Å². The maximum Gasteiger partial charge on any atom is 0.273 e. The van der Waals surface area contributed by atoms with Gasteiger partial charge in [0, 0.05) is 30.8 Å². The first-order valence-corrected chi connectivity index (χ1v) is 6.86. The third kappa shape index (κ3) is 2.50. The van der Waals surface area contributed by atoms with E-state index in [4.69, 9.17) is 0 Å². The molecule has 1 aromatic carbocycles. The quantitative estimate of drug-likeness (QED) is 0.599. The summed E-state index contributed by atoms with van der Waals surface area (Å²) in [6, 6.07) is 3.75. The van der Waals surface area contributed by atoms with E-state index >= 15 is 0 Å². The standard InChI is InChI=1S/C10H13N3O4S/c1-7-2-3-9(4-10(7)13(14)15)18(16,17)12-8-5-11-6-8/h2-4,8,11-12H,5-6H2,1H3. The summed E-state index contributed by atoms with van der Waals surface area (Å²) in [7, 11) is -3.69. The summed E-state index contributed by atoms with van der Waals surface area (Å²) in [6.45, 7) is 2.72. The van der Waals surface area contributed by atoms with Crippen molar-refractivity contribution in [2.24, 2.45) is 0 Å². The van der Waals surface area contributed by atoms with Crippen molar-refractivity contribution < 1.29 is 13.3 Å². The molecule has 8 heteroatoms. The van der Waals surface area contributed by atoms with E-state index < -0.39 is 14.9 Å². The SMILES string of the molecule is Cc1ccc(S(=O)(=O)NC2CNC2)cc1[N+](=O)[O-]. The number of nitro groups is 1. The Bertz CT molecular complexity index is 581. The maximum absolute atomic E-state index is 12.0. The first-order valence-electron chi connectivity index (χ1n) is 5.38. The Hall–Kier alpha value is -1.51. The average molecular weight is 271 g/mol. The van der Waals surface area contributed by atoms with Crippen LogP contribution in [0.4, 0.5) is 5.69 Å². The second-order valence-corrected chi connectivity index (χ2v) is 5.90. The molecule has 0 spiro atoms. The van der Waals surface area contributed by atoms with Gasteiger partial charge >= 0.3 is 0 Å². The molecule has 2 N–H and O–H groups in total. The van der Waals surface area contributed by atoms with Gasteiger partial charge in [-0.15, -0.1) is 0 Å². The van der Waals surface area contributed by atoms with E-state index in [-0.39, 0.29) is 16.6 Å². The van der Waals surface area contributed by atoms with E-state index in [0.717, 1.165) is 6.07 Å². The van der Waals surface area contributed by atoms with Crippen molar-refractivity contribution in [2.45, 2.75) is 17.9 Å². The minimum atomic E-state index is -3.69. The maximum atomic E-state index is 12.0. The molecule has 0 bridgehead atoms. The predicted molar refractivity (Wildman–Crippen MR) is 64.8 cm³/mol. The van der Waals surface area contributed by atoms with Crippen molar-refractivity contribution in [2.75, 3.05) is 13.1 Å². The van der Waals surface area contributed by atoms with E-state index in [2.05, 4.69) is 10.0 Å². The Kier molecular flexibility index (Phi) is 3.33. The van der Waals surface area contributed by atoms with Crippen LogP contribution in [0.2, 0.25) is 0 Å². The molecule has 1 saturated heterocycles. The van der Waals surface area contributed by atoms with Crippen LogP contribution in [0.5, 0.6) is 0 Å². The van der Waals surface area contributed by atoms with Crippen molar-refractivity contribution in [3.63, 3.8) is 0 Å². The Labute approximate surface area is 104 Å². The highest BCUT2D eigenvalue weighted by molar-refractivity contribution is 7.89. The molecular formula is C10H13N3O4S. The molecule has 98 valence electrons. The molecule has 0 amide bonds. The fourth-order valence-corrected chi connectivity index (χ4v) is 2.87. The monoisotopic (exact) mass is 271 g/mol. The molecule has 2 rings (SSSR count). The highest BCUT2D eigenvalue weighted by Crippen LogP contribution is 2.22. The van der Waals surface area contributed by atoms with Gasteiger partial charge in [0.25, 0.3) is 5.69 Å². The predicted octanol–water partition coefficient (Wildman–Crippen LogP) is 0.153. The fraction of sp³-hybridized carbons (Fsp3) is 0.400. The summed E-state index contributed by atoms with van der Waals surface area (Å²) < 4.78 is 26.4. The van der Waals surface area contributed by atoms with Crippen LogP contribution in [-0.4, -0.2) is 32.5 Å². The van der Waals surface area contributed by atoms with Gasteiger partial charge in [0.05, 0.1) is 9.82 Å². The lowest BCUT2D eigenvalue weighted by atomic mass is 10.2. The minimum absolute atomic E-state index is 0.0771. The third-order valence-corrected chi connectivity index (χ3v) is 4.31. The molecule has 0 saturated carbocycles. The van der Waals surface area contributed by atoms with Gasteiger partial charge in [-0.05, 0) is 13.0 Å². The van der Waals surface area contributed by atoms with Crippen molar-refractivity contribution in [3.05, 3.63) is 33.9 Å². The lowest BCUT2D eigenvalue weighted by molar-refractivity contribution is -0.385. The van der Waals surface area contributed by atoms with Gasteiger partial charge in [-0.25, -0.2) is 13.1 Å². The molecule has 1 aromatic rings. The minimum Gasteiger partial charge on any atom is -0.313 e. The van der Waals surface area contributed by atoms with Crippen LogP contribution >= 0.6 is 0 Å². The van der Waals surface area contributed by atoms with Crippen LogP contribution in [0.25, 0.3) is 0 Å². The van der Waals surface area contributed by atoms with Crippen molar-refractivity contribution >= 4 is 15.7 Å². The lowest BCUT2D eigenvalue weighted by Gasteiger charge is -2.27. The zero-order chi connectivity index (χ0) is 13.3. The van der Waals surface area contributed by atoms with Gasteiger partial charge in [-0.3, -0.25) is 10.1 Å². The topological polar surface area (TPSA) is 101 Å². The van der Waals surface area contributed by atoms with Gasteiger partial charge in [0.15, 0.2) is 0 Å². The van der Waals surface area contributed by atoms with Gasteiger partial charge in [0.1, 0.15) is 0 Å². The second-order valence-electron chi connectivity index (χ2n) is 4.18. The van der Waals surface area contributed by atoms with Crippen molar-refractivity contribution in [3.8, 4) is 0 Å². The van der Waals surface area contributed by atoms with Gasteiger partial charge in [-0.1, -0.05) is 6.07 Å². The molecule has 7 nitrogen and oxygen atoms in total. The number of nitro benzene ring substituents is 1. The zero-order valence-electron chi connectivity index (χ0n) is 9.71. The Balaban J connectivity index is 2.32. The normalized spacial score (nSPS) is 16.3.